The Morgan fingerprint density at radius 1 is 1.10 bits per heavy atom. The number of anilines is 1. The zero-order chi connectivity index (χ0) is 21.6. The lowest BCUT2D eigenvalue weighted by Gasteiger charge is -2.12. The van der Waals surface area contributed by atoms with Crippen molar-refractivity contribution < 1.29 is 18.8 Å². The minimum atomic E-state index is -0.416. The number of amides is 1. The summed E-state index contributed by atoms with van der Waals surface area (Å²) < 4.78 is 16.5. The molecule has 0 unspecified atom stereocenters. The van der Waals surface area contributed by atoms with Gasteiger partial charge in [-0.05, 0) is 30.3 Å². The number of pyridine rings is 1. The second-order valence-corrected chi connectivity index (χ2v) is 6.99. The first kappa shape index (κ1) is 20.4. The number of rotatable bonds is 7. The second-order valence-electron chi connectivity index (χ2n) is 6.56. The summed E-state index contributed by atoms with van der Waals surface area (Å²) in [5.74, 6) is 1.07. The fraction of sp³-hybridized carbons (Fsp3) is 0.0870. The number of ether oxygens (including phenoxy) is 2. The maximum Gasteiger partial charge on any atom is 0.277 e. The molecule has 0 aliphatic heterocycles. The fourth-order valence-corrected chi connectivity index (χ4v) is 3.06. The van der Waals surface area contributed by atoms with Crippen LogP contribution in [-0.2, 0) is 6.61 Å². The molecule has 31 heavy (non-hydrogen) atoms. The molecular weight excluding hydrogens is 418 g/mol. The van der Waals surface area contributed by atoms with E-state index in [2.05, 4.69) is 15.5 Å². The highest BCUT2D eigenvalue weighted by Crippen LogP contribution is 2.31. The van der Waals surface area contributed by atoms with Gasteiger partial charge in [-0.25, -0.2) is 0 Å². The average Bonchev–Trinajstić information content (AvgIpc) is 3.29. The van der Waals surface area contributed by atoms with Crippen molar-refractivity contribution in [2.45, 2.75) is 6.61 Å². The smallest absolute Gasteiger partial charge is 0.277 e. The first-order chi connectivity index (χ1) is 15.1. The van der Waals surface area contributed by atoms with Crippen LogP contribution in [0.1, 0.15) is 16.1 Å². The fourth-order valence-electron chi connectivity index (χ4n) is 2.87. The molecule has 1 N–H and O–H groups in total. The summed E-state index contributed by atoms with van der Waals surface area (Å²) in [5.41, 5.74) is 2.31. The number of carbonyl (C=O) groups is 1. The maximum absolute atomic E-state index is 12.6. The Hall–Kier alpha value is -3.84. The zero-order valence-electron chi connectivity index (χ0n) is 16.5. The molecule has 2 aromatic heterocycles. The molecule has 0 radical (unpaired) electrons. The molecule has 0 bridgehead atoms. The van der Waals surface area contributed by atoms with Crippen LogP contribution in [0.3, 0.4) is 0 Å². The van der Waals surface area contributed by atoms with Crippen LogP contribution in [0, 0.1) is 0 Å². The van der Waals surface area contributed by atoms with Crippen LogP contribution < -0.4 is 14.8 Å². The van der Waals surface area contributed by atoms with Crippen molar-refractivity contribution in [1.29, 1.82) is 0 Å². The van der Waals surface area contributed by atoms with E-state index >= 15 is 0 Å². The van der Waals surface area contributed by atoms with E-state index < -0.39 is 5.91 Å². The summed E-state index contributed by atoms with van der Waals surface area (Å²) in [4.78, 5) is 16.7. The highest BCUT2D eigenvalue weighted by Gasteiger charge is 2.15. The van der Waals surface area contributed by atoms with Crippen LogP contribution in [0.4, 0.5) is 5.69 Å². The molecule has 1 amide bonds. The van der Waals surface area contributed by atoms with Gasteiger partial charge in [-0.3, -0.25) is 9.78 Å². The molecule has 4 aromatic rings. The van der Waals surface area contributed by atoms with Crippen molar-refractivity contribution in [2.75, 3.05) is 12.4 Å². The minimum Gasteiger partial charge on any atom is -0.493 e. The summed E-state index contributed by atoms with van der Waals surface area (Å²) >= 11 is 6.01. The molecule has 0 spiro atoms. The van der Waals surface area contributed by atoms with Gasteiger partial charge in [0.05, 0.1) is 7.11 Å². The molecule has 0 aliphatic carbocycles. The first-order valence-electron chi connectivity index (χ1n) is 9.36. The second kappa shape index (κ2) is 9.32. The number of nitrogens with one attached hydrogen (secondary N) is 1. The van der Waals surface area contributed by atoms with Crippen molar-refractivity contribution in [3.8, 4) is 22.8 Å². The van der Waals surface area contributed by atoms with Crippen LogP contribution in [0.15, 0.2) is 77.6 Å². The number of carbonyl (C=O) groups excluding carboxylic acids is 1. The molecule has 156 valence electrons. The molecule has 0 saturated heterocycles. The third-order valence-corrected chi connectivity index (χ3v) is 4.63. The highest BCUT2D eigenvalue weighted by atomic mass is 35.5. The lowest BCUT2D eigenvalue weighted by atomic mass is 10.1. The van der Waals surface area contributed by atoms with E-state index in [0.717, 1.165) is 11.1 Å². The quantitative estimate of drug-likeness (QED) is 0.427. The lowest BCUT2D eigenvalue weighted by molar-refractivity contribution is 0.101. The lowest BCUT2D eigenvalue weighted by Crippen LogP contribution is -2.12. The number of hydrogen-bond donors (Lipinski definition) is 1. The summed E-state index contributed by atoms with van der Waals surface area (Å²) in [6.45, 7) is 0.313. The average molecular weight is 436 g/mol. The Balaban J connectivity index is 1.48. The SMILES string of the molecule is COc1ccc(NC(=O)c2cc(-c3cccc(Cl)c3)on2)cc1OCc1cccnc1. The molecule has 0 fully saturated rings. The summed E-state index contributed by atoms with van der Waals surface area (Å²) in [6.07, 6.45) is 3.42. The predicted molar refractivity (Wildman–Crippen MR) is 116 cm³/mol. The zero-order valence-corrected chi connectivity index (χ0v) is 17.3. The molecule has 8 heteroatoms. The van der Waals surface area contributed by atoms with E-state index in [-0.39, 0.29) is 5.69 Å². The van der Waals surface area contributed by atoms with Crippen LogP contribution in [-0.4, -0.2) is 23.2 Å². The highest BCUT2D eigenvalue weighted by molar-refractivity contribution is 6.30. The Kier molecular flexibility index (Phi) is 6.14. The van der Waals surface area contributed by atoms with Gasteiger partial charge < -0.3 is 19.3 Å². The Labute approximate surface area is 183 Å². The molecule has 0 saturated carbocycles. The number of benzene rings is 2. The molecule has 0 atom stereocenters. The normalized spacial score (nSPS) is 10.5. The first-order valence-corrected chi connectivity index (χ1v) is 9.74. The van der Waals surface area contributed by atoms with E-state index in [0.29, 0.717) is 34.6 Å². The van der Waals surface area contributed by atoms with Gasteiger partial charge >= 0.3 is 0 Å². The van der Waals surface area contributed by atoms with Gasteiger partial charge in [0.2, 0.25) is 0 Å². The van der Waals surface area contributed by atoms with Crippen LogP contribution >= 0.6 is 11.6 Å². The van der Waals surface area contributed by atoms with Gasteiger partial charge in [0, 0.05) is 46.4 Å². The number of aromatic nitrogens is 2. The number of halogens is 1. The van der Waals surface area contributed by atoms with Gasteiger partial charge in [0.25, 0.3) is 5.91 Å². The monoisotopic (exact) mass is 435 g/mol. The van der Waals surface area contributed by atoms with Crippen molar-refractivity contribution in [1.82, 2.24) is 10.1 Å². The topological polar surface area (TPSA) is 86.5 Å². The number of methoxy groups -OCH3 is 1. The standard InChI is InChI=1S/C23H18ClN3O4/c1-29-20-8-7-18(11-22(20)30-14-15-4-3-9-25-13-15)26-23(28)19-12-21(31-27-19)16-5-2-6-17(24)10-16/h2-13H,14H2,1H3,(H,26,28). The molecule has 2 heterocycles. The third kappa shape index (κ3) is 5.02. The number of hydrogen-bond acceptors (Lipinski definition) is 6. The molecular formula is C23H18ClN3O4. The van der Waals surface area contributed by atoms with E-state index in [4.69, 9.17) is 25.6 Å². The van der Waals surface area contributed by atoms with Crippen LogP contribution in [0.25, 0.3) is 11.3 Å². The van der Waals surface area contributed by atoms with E-state index in [1.165, 1.54) is 0 Å². The van der Waals surface area contributed by atoms with Gasteiger partial charge in [0.1, 0.15) is 6.61 Å². The van der Waals surface area contributed by atoms with E-state index in [1.54, 1.807) is 62.0 Å². The minimum absolute atomic E-state index is 0.142. The van der Waals surface area contributed by atoms with Crippen molar-refractivity contribution in [3.05, 3.63) is 89.3 Å². The van der Waals surface area contributed by atoms with Crippen LogP contribution in [0.2, 0.25) is 5.02 Å². The van der Waals surface area contributed by atoms with Crippen molar-refractivity contribution >= 4 is 23.2 Å². The Morgan fingerprint density at radius 3 is 2.77 bits per heavy atom. The van der Waals surface area contributed by atoms with Crippen LogP contribution in [0.5, 0.6) is 11.5 Å². The van der Waals surface area contributed by atoms with Gasteiger partial charge in [-0.2, -0.15) is 0 Å². The molecule has 2 aromatic carbocycles. The third-order valence-electron chi connectivity index (χ3n) is 4.39. The summed E-state index contributed by atoms with van der Waals surface area (Å²) in [7, 11) is 1.55. The molecule has 0 aliphatic rings. The Bertz CT molecular complexity index is 1190. The number of nitrogens with zero attached hydrogens (tertiary/aromatic N) is 2. The summed E-state index contributed by atoms with van der Waals surface area (Å²) in [5, 5.41) is 7.21. The molecule has 4 rings (SSSR count). The van der Waals surface area contributed by atoms with Crippen molar-refractivity contribution in [2.24, 2.45) is 0 Å². The van der Waals surface area contributed by atoms with Crippen molar-refractivity contribution in [3.63, 3.8) is 0 Å². The van der Waals surface area contributed by atoms with Gasteiger partial charge in [0.15, 0.2) is 23.0 Å². The summed E-state index contributed by atoms with van der Waals surface area (Å²) in [6, 6.07) is 17.5. The van der Waals surface area contributed by atoms with Gasteiger partial charge in [-0.15, -0.1) is 0 Å². The van der Waals surface area contributed by atoms with E-state index in [9.17, 15) is 4.79 Å². The largest absolute Gasteiger partial charge is 0.493 e. The molecule has 7 nitrogen and oxygen atoms in total. The van der Waals surface area contributed by atoms with E-state index in [1.807, 2.05) is 18.2 Å². The van der Waals surface area contributed by atoms with Gasteiger partial charge in [-0.1, -0.05) is 35.0 Å². The maximum atomic E-state index is 12.6. The predicted octanol–water partition coefficient (Wildman–Crippen LogP) is 5.23. The Morgan fingerprint density at radius 2 is 2.00 bits per heavy atom.